The highest BCUT2D eigenvalue weighted by Gasteiger charge is 2.50. The lowest BCUT2D eigenvalue weighted by atomic mass is 9.94. The number of piperidine rings is 2. The smallest absolute Gasteiger partial charge is 0.410 e. The summed E-state index contributed by atoms with van der Waals surface area (Å²) in [6, 6.07) is 13.2. The van der Waals surface area contributed by atoms with Gasteiger partial charge in [-0.3, -0.25) is 28.8 Å². The minimum absolute atomic E-state index is 0.0252. The summed E-state index contributed by atoms with van der Waals surface area (Å²) < 4.78 is 25.2. The molecule has 0 bridgehead atoms. The van der Waals surface area contributed by atoms with E-state index in [0.29, 0.717) is 56.2 Å². The third-order valence-corrected chi connectivity index (χ3v) is 16.1. The predicted molar refractivity (Wildman–Crippen MR) is 322 cm³/mol. The quantitative estimate of drug-likeness (QED) is 0.0340. The Labute approximate surface area is 520 Å². The number of imidazole rings is 2. The van der Waals surface area contributed by atoms with E-state index in [-0.39, 0.29) is 95.2 Å². The fourth-order valence-corrected chi connectivity index (χ4v) is 10.6. The number of carbonyl (C=O) groups excluding carboxylic acids is 4. The van der Waals surface area contributed by atoms with E-state index in [4.69, 9.17) is 41.3 Å². The second-order valence-corrected chi connectivity index (χ2v) is 22.9. The van der Waals surface area contributed by atoms with Gasteiger partial charge in [-0.05, 0) is 117 Å². The number of aliphatic hydroxyl groups excluding tert-OH is 5. The van der Waals surface area contributed by atoms with E-state index in [1.807, 2.05) is 12.1 Å². The third kappa shape index (κ3) is 16.0. The SMILES string of the molecule is CCO.Nc1ccc(COC(=O)N2CCC(CC#Cc3nc(N)c4ncn([C@@H]5O[C@H](C(=O)NC6CC6)C(O)[C@@H]5O)c4n3)CC2)cc1.Nc1nc(C#CCC2CCN(C(=O)OCc3ccc([N+](=O)[O-])cc3)CC2)nc2c1ncn2[C@@H]1O[C@H](C(=O)NC2CC2)C(O)[C@@H]1O. The molecule has 482 valence electrons. The molecule has 8 heterocycles. The topological polar surface area (TPSA) is 445 Å². The highest BCUT2D eigenvalue weighted by Crippen LogP contribution is 2.35. The van der Waals surface area contributed by atoms with Crippen molar-refractivity contribution in [3.8, 4) is 23.7 Å². The van der Waals surface area contributed by atoms with Gasteiger partial charge in [0.15, 0.2) is 47.6 Å². The molecule has 2 saturated carbocycles. The lowest BCUT2D eigenvalue weighted by molar-refractivity contribution is -0.384. The summed E-state index contributed by atoms with van der Waals surface area (Å²) in [5.74, 6) is 12.2. The van der Waals surface area contributed by atoms with Crippen molar-refractivity contribution in [2.75, 3.05) is 50.0 Å². The monoisotopic (exact) mass is 1260 g/mol. The average Bonchev–Trinajstić information content (AvgIpc) is 1.67. The Hall–Kier alpha value is -9.34. The second kappa shape index (κ2) is 29.1. The summed E-state index contributed by atoms with van der Waals surface area (Å²) >= 11 is 0. The Bertz CT molecular complexity index is 3710. The van der Waals surface area contributed by atoms with Crippen LogP contribution in [0.15, 0.2) is 61.2 Å². The van der Waals surface area contributed by atoms with E-state index in [9.17, 15) is 49.7 Å². The molecule has 6 aliphatic rings. The number of aromatic nitrogens is 8. The molecule has 31 nitrogen and oxygen atoms in total. The first-order chi connectivity index (χ1) is 43.8. The minimum atomic E-state index is -1.44. The maximum Gasteiger partial charge on any atom is 0.410 e. The number of amides is 4. The number of nitrogens with two attached hydrogens (primary N) is 3. The fraction of sp³-hybridized carbons (Fsp3) is 0.500. The van der Waals surface area contributed by atoms with Gasteiger partial charge in [0.1, 0.15) is 48.7 Å². The van der Waals surface area contributed by atoms with Crippen molar-refractivity contribution in [1.29, 1.82) is 0 Å². The molecular formula is C60H72N16O15. The Balaban J connectivity index is 0.000000192. The normalized spacial score (nSPS) is 23.1. The first-order valence-electron chi connectivity index (χ1n) is 30.0. The van der Waals surface area contributed by atoms with Crippen molar-refractivity contribution in [2.45, 2.75) is 146 Å². The van der Waals surface area contributed by atoms with E-state index in [1.54, 1.807) is 41.0 Å². The molecule has 31 heteroatoms. The molecule has 4 amide bonds. The molecule has 0 radical (unpaired) electrons. The maximum absolute atomic E-state index is 12.5. The third-order valence-electron chi connectivity index (χ3n) is 16.1. The number of hydrogen-bond donors (Lipinski definition) is 10. The van der Waals surface area contributed by atoms with Crippen molar-refractivity contribution in [2.24, 2.45) is 11.8 Å². The van der Waals surface area contributed by atoms with Crippen LogP contribution >= 0.6 is 0 Å². The molecule has 91 heavy (non-hydrogen) atoms. The van der Waals surface area contributed by atoms with E-state index >= 15 is 0 Å². The first kappa shape index (κ1) is 64.6. The molecule has 0 spiro atoms. The van der Waals surface area contributed by atoms with Crippen LogP contribution in [0.25, 0.3) is 22.3 Å². The molecule has 2 aliphatic carbocycles. The molecule has 6 aromatic rings. The largest absolute Gasteiger partial charge is 0.445 e. The number of fused-ring (bicyclic) bond motifs is 2. The number of likely N-dealkylation sites (tertiary alicyclic amines) is 2. The van der Waals surface area contributed by atoms with Gasteiger partial charge in [-0.2, -0.15) is 0 Å². The zero-order valence-electron chi connectivity index (χ0n) is 49.7. The maximum atomic E-state index is 12.5. The van der Waals surface area contributed by atoms with Crippen LogP contribution in [-0.2, 0) is 41.8 Å². The lowest BCUT2D eigenvalue weighted by Crippen LogP contribution is -2.43. The number of nitro groups is 1. The number of nitrogen functional groups attached to an aromatic ring is 3. The summed E-state index contributed by atoms with van der Waals surface area (Å²) in [5, 5.41) is 66.3. The van der Waals surface area contributed by atoms with Crippen molar-refractivity contribution < 1.29 is 68.6 Å². The number of carbonyl (C=O) groups is 4. The van der Waals surface area contributed by atoms with Crippen molar-refractivity contribution in [1.82, 2.24) is 59.5 Å². The number of nitrogens with zero attached hydrogens (tertiary/aromatic N) is 11. The van der Waals surface area contributed by atoms with E-state index in [1.165, 1.54) is 33.9 Å². The Morgan fingerprint density at radius 1 is 0.615 bits per heavy atom. The van der Waals surface area contributed by atoms with E-state index in [2.05, 4.69) is 64.2 Å². The Morgan fingerprint density at radius 3 is 1.37 bits per heavy atom. The number of hydrogen-bond acceptors (Lipinski definition) is 24. The molecule has 4 saturated heterocycles. The number of nitrogens with one attached hydrogen (secondary N) is 2. The van der Waals surface area contributed by atoms with Crippen molar-refractivity contribution in [3.63, 3.8) is 0 Å². The van der Waals surface area contributed by atoms with Gasteiger partial charge in [0, 0.05) is 75.5 Å². The molecule has 2 aromatic carbocycles. The van der Waals surface area contributed by atoms with Gasteiger partial charge in [0.05, 0.1) is 17.6 Å². The Kier molecular flexibility index (Phi) is 20.7. The summed E-state index contributed by atoms with van der Waals surface area (Å²) in [6.45, 7) is 4.33. The van der Waals surface area contributed by atoms with Crippen LogP contribution in [0.1, 0.15) is 106 Å². The van der Waals surface area contributed by atoms with Crippen LogP contribution < -0.4 is 27.8 Å². The van der Waals surface area contributed by atoms with Crippen LogP contribution in [0.2, 0.25) is 0 Å². The lowest BCUT2D eigenvalue weighted by Gasteiger charge is -2.30. The number of non-ortho nitro benzene ring substituents is 1. The number of anilines is 3. The molecule has 4 aliphatic heterocycles. The predicted octanol–water partition coefficient (Wildman–Crippen LogP) is 1.68. The van der Waals surface area contributed by atoms with Gasteiger partial charge in [-0.15, -0.1) is 0 Å². The molecule has 12 rings (SSSR count). The van der Waals surface area contributed by atoms with Crippen molar-refractivity contribution >= 4 is 69.3 Å². The van der Waals surface area contributed by atoms with E-state index < -0.39 is 71.9 Å². The van der Waals surface area contributed by atoms with Crippen LogP contribution in [0.5, 0.6) is 0 Å². The van der Waals surface area contributed by atoms with Gasteiger partial charge in [0.2, 0.25) is 11.6 Å². The van der Waals surface area contributed by atoms with Gasteiger partial charge in [0.25, 0.3) is 17.5 Å². The average molecular weight is 1260 g/mol. The number of benzene rings is 2. The van der Waals surface area contributed by atoms with Crippen molar-refractivity contribution in [3.05, 3.63) is 94.1 Å². The van der Waals surface area contributed by atoms with Gasteiger partial charge in [-0.1, -0.05) is 24.0 Å². The molecule has 2 unspecified atom stereocenters. The van der Waals surface area contributed by atoms with Crippen LogP contribution in [0.3, 0.4) is 0 Å². The zero-order chi connectivity index (χ0) is 64.5. The van der Waals surface area contributed by atoms with Crippen LogP contribution in [-0.4, -0.2) is 185 Å². The molecule has 13 N–H and O–H groups in total. The zero-order valence-corrected chi connectivity index (χ0v) is 49.7. The number of nitro benzene ring substituents is 1. The summed E-state index contributed by atoms with van der Waals surface area (Å²) in [7, 11) is 0. The van der Waals surface area contributed by atoms with E-state index in [0.717, 1.165) is 56.9 Å². The van der Waals surface area contributed by atoms with Gasteiger partial charge in [-0.25, -0.2) is 39.5 Å². The summed E-state index contributed by atoms with van der Waals surface area (Å²) in [6.07, 6.45) is -0.738. The molecule has 4 aromatic heterocycles. The highest BCUT2D eigenvalue weighted by molar-refractivity contribution is 5.85. The standard InChI is InChI=1S/C29H32N8O8.C29H34N8O6.C2H6O/c30-25-21-26(36(15-31-21)28-23(39)22(38)24(45-28)27(40)32-18-6-7-18)34-20(33-25)3-1-2-16-10-12-35(13-11-16)29(41)44-14-17-4-8-19(9-5-17)37(42)43;30-18-6-4-17(5-7-18)14-42-29(41)36-12-10-16(11-13-36)2-1-3-20-34-25(31)21-26(35-20)37(15-32-21)28-23(39)22(38)24(43-28)27(40)33-19-8-9-19;1-2-3/h4-5,8-9,15-16,18,22-24,28,38-39H,2,6-7,10-14H2,(H,32,40)(H2,30,33,34);4-7,15-16,19,22-24,28,38-39H,2,8-14,30H2,(H,33,40)(H2,31,34,35);3H,2H2,1H3/t2*22?,23-,24-,28+;/m00./s1. The van der Waals surface area contributed by atoms with Gasteiger partial charge >= 0.3 is 12.2 Å². The highest BCUT2D eigenvalue weighted by atomic mass is 16.6. The molecule has 6 fully saturated rings. The Morgan fingerprint density at radius 2 is 1.00 bits per heavy atom. The number of ether oxygens (including phenoxy) is 4. The molecular weight excluding hydrogens is 1180 g/mol. The fourth-order valence-electron chi connectivity index (χ4n) is 10.6. The summed E-state index contributed by atoms with van der Waals surface area (Å²) in [5.41, 5.74) is 21.2. The minimum Gasteiger partial charge on any atom is -0.445 e. The molecule has 8 atom stereocenters. The summed E-state index contributed by atoms with van der Waals surface area (Å²) in [4.78, 5) is 89.5. The van der Waals surface area contributed by atoms with Crippen LogP contribution in [0.4, 0.5) is 32.6 Å². The number of aliphatic hydroxyl groups is 5. The second-order valence-electron chi connectivity index (χ2n) is 22.9. The van der Waals surface area contributed by atoms with Crippen LogP contribution in [0, 0.1) is 45.6 Å². The number of rotatable bonds is 13. The van der Waals surface area contributed by atoms with Gasteiger partial charge < -0.3 is 82.1 Å². The first-order valence-corrected chi connectivity index (χ1v) is 30.0.